The number of aromatic hydroxyl groups is 1. The molecule has 0 aromatic heterocycles. The maximum absolute atomic E-state index is 12.0. The van der Waals surface area contributed by atoms with Gasteiger partial charge in [0, 0.05) is 13.1 Å². The molecule has 0 aliphatic rings. The molecule has 0 fully saturated rings. The molecular formula is C15H14F3NO2. The van der Waals surface area contributed by atoms with Gasteiger partial charge < -0.3 is 15.2 Å². The fraction of sp³-hybridized carbons (Fsp3) is 0.200. The Bertz CT molecular complexity index is 565. The molecule has 21 heavy (non-hydrogen) atoms. The van der Waals surface area contributed by atoms with Crippen LogP contribution in [0, 0.1) is 0 Å². The van der Waals surface area contributed by atoms with Gasteiger partial charge in [-0.3, -0.25) is 0 Å². The Morgan fingerprint density at radius 2 is 1.33 bits per heavy atom. The first-order valence-electron chi connectivity index (χ1n) is 6.26. The minimum absolute atomic E-state index is 0.207. The summed E-state index contributed by atoms with van der Waals surface area (Å²) in [5, 5.41) is 12.3. The van der Waals surface area contributed by atoms with Crippen molar-refractivity contribution in [1.82, 2.24) is 5.32 Å². The molecule has 2 aromatic rings. The van der Waals surface area contributed by atoms with Crippen LogP contribution in [-0.4, -0.2) is 11.5 Å². The van der Waals surface area contributed by atoms with Crippen molar-refractivity contribution in [3.63, 3.8) is 0 Å². The van der Waals surface area contributed by atoms with E-state index in [2.05, 4.69) is 10.1 Å². The standard InChI is InChI=1S/C15H14F3NO2/c16-15(17,18)21-14-7-3-12(4-8-14)10-19-9-11-1-5-13(20)6-2-11/h1-8,19-20H,9-10H2. The molecule has 0 heterocycles. The summed E-state index contributed by atoms with van der Waals surface area (Å²) in [7, 11) is 0. The number of phenolic OH excluding ortho intramolecular Hbond substituents is 1. The van der Waals surface area contributed by atoms with E-state index in [0.29, 0.717) is 13.1 Å². The van der Waals surface area contributed by atoms with E-state index in [9.17, 15) is 13.2 Å². The second kappa shape index (κ2) is 6.49. The topological polar surface area (TPSA) is 41.5 Å². The summed E-state index contributed by atoms with van der Waals surface area (Å²) in [4.78, 5) is 0. The van der Waals surface area contributed by atoms with Crippen LogP contribution in [-0.2, 0) is 13.1 Å². The molecule has 0 unspecified atom stereocenters. The number of nitrogens with one attached hydrogen (secondary N) is 1. The van der Waals surface area contributed by atoms with Gasteiger partial charge in [-0.1, -0.05) is 24.3 Å². The Kier molecular flexibility index (Phi) is 4.70. The molecule has 0 bridgehead atoms. The quantitative estimate of drug-likeness (QED) is 0.886. The molecule has 0 saturated carbocycles. The molecule has 0 amide bonds. The van der Waals surface area contributed by atoms with Crippen molar-refractivity contribution in [1.29, 1.82) is 0 Å². The highest BCUT2D eigenvalue weighted by Crippen LogP contribution is 2.22. The Balaban J connectivity index is 1.82. The van der Waals surface area contributed by atoms with Gasteiger partial charge in [-0.25, -0.2) is 0 Å². The Labute approximate surface area is 120 Å². The first-order valence-corrected chi connectivity index (χ1v) is 6.26. The molecular weight excluding hydrogens is 283 g/mol. The number of benzene rings is 2. The van der Waals surface area contributed by atoms with Crippen molar-refractivity contribution in [3.8, 4) is 11.5 Å². The van der Waals surface area contributed by atoms with Crippen molar-refractivity contribution in [3.05, 3.63) is 59.7 Å². The number of rotatable bonds is 5. The van der Waals surface area contributed by atoms with Gasteiger partial charge in [0.2, 0.25) is 0 Å². The number of hydrogen-bond donors (Lipinski definition) is 2. The lowest BCUT2D eigenvalue weighted by molar-refractivity contribution is -0.274. The molecule has 0 spiro atoms. The van der Waals surface area contributed by atoms with E-state index in [1.54, 1.807) is 36.4 Å². The highest BCUT2D eigenvalue weighted by molar-refractivity contribution is 5.28. The van der Waals surface area contributed by atoms with Gasteiger partial charge in [0.1, 0.15) is 11.5 Å². The SMILES string of the molecule is Oc1ccc(CNCc2ccc(OC(F)(F)F)cc2)cc1. The fourth-order valence-electron chi connectivity index (χ4n) is 1.77. The van der Waals surface area contributed by atoms with Crippen LogP contribution in [0.25, 0.3) is 0 Å². The third kappa shape index (κ3) is 5.35. The molecule has 0 atom stereocenters. The summed E-state index contributed by atoms with van der Waals surface area (Å²) in [6, 6.07) is 12.5. The first kappa shape index (κ1) is 15.2. The third-order valence-electron chi connectivity index (χ3n) is 2.75. The molecule has 2 aromatic carbocycles. The zero-order chi connectivity index (χ0) is 15.3. The lowest BCUT2D eigenvalue weighted by atomic mass is 10.2. The zero-order valence-electron chi connectivity index (χ0n) is 11.0. The zero-order valence-corrected chi connectivity index (χ0v) is 11.0. The summed E-state index contributed by atoms with van der Waals surface area (Å²) in [6.45, 7) is 1.12. The van der Waals surface area contributed by atoms with Gasteiger partial charge in [0.25, 0.3) is 0 Å². The maximum atomic E-state index is 12.0. The van der Waals surface area contributed by atoms with Crippen molar-refractivity contribution in [2.45, 2.75) is 19.5 Å². The second-order valence-electron chi connectivity index (χ2n) is 4.46. The lowest BCUT2D eigenvalue weighted by Gasteiger charge is -2.10. The van der Waals surface area contributed by atoms with Crippen molar-refractivity contribution < 1.29 is 23.0 Å². The Morgan fingerprint density at radius 3 is 1.81 bits per heavy atom. The molecule has 6 heteroatoms. The van der Waals surface area contributed by atoms with Crippen molar-refractivity contribution in [2.24, 2.45) is 0 Å². The summed E-state index contributed by atoms with van der Waals surface area (Å²) < 4.78 is 39.8. The van der Waals surface area contributed by atoms with Crippen molar-refractivity contribution in [2.75, 3.05) is 0 Å². The van der Waals surface area contributed by atoms with Gasteiger partial charge >= 0.3 is 6.36 Å². The molecule has 2 rings (SSSR count). The Morgan fingerprint density at radius 1 is 0.857 bits per heavy atom. The molecule has 0 aliphatic carbocycles. The number of alkyl halides is 3. The average Bonchev–Trinajstić information content (AvgIpc) is 2.41. The number of halogens is 3. The predicted octanol–water partition coefficient (Wildman–Crippen LogP) is 3.58. The van der Waals surface area contributed by atoms with Gasteiger partial charge in [-0.05, 0) is 35.4 Å². The van der Waals surface area contributed by atoms with Crippen LogP contribution >= 0.6 is 0 Å². The van der Waals surface area contributed by atoms with E-state index < -0.39 is 6.36 Å². The number of hydrogen-bond acceptors (Lipinski definition) is 3. The van der Waals surface area contributed by atoms with Gasteiger partial charge in [0.15, 0.2) is 0 Å². The highest BCUT2D eigenvalue weighted by atomic mass is 19.4. The van der Waals surface area contributed by atoms with Crippen LogP contribution in [0.3, 0.4) is 0 Å². The minimum atomic E-state index is -4.67. The smallest absolute Gasteiger partial charge is 0.508 e. The van der Waals surface area contributed by atoms with E-state index in [1.165, 1.54) is 12.1 Å². The van der Waals surface area contributed by atoms with E-state index >= 15 is 0 Å². The maximum Gasteiger partial charge on any atom is 0.573 e. The third-order valence-corrected chi connectivity index (χ3v) is 2.75. The molecule has 2 N–H and O–H groups in total. The van der Waals surface area contributed by atoms with Crippen LogP contribution in [0.1, 0.15) is 11.1 Å². The van der Waals surface area contributed by atoms with Crippen LogP contribution in [0.15, 0.2) is 48.5 Å². The molecule has 0 saturated heterocycles. The largest absolute Gasteiger partial charge is 0.573 e. The first-order chi connectivity index (χ1) is 9.92. The van der Waals surface area contributed by atoms with E-state index in [4.69, 9.17) is 5.11 Å². The van der Waals surface area contributed by atoms with Crippen LogP contribution < -0.4 is 10.1 Å². The minimum Gasteiger partial charge on any atom is -0.508 e. The van der Waals surface area contributed by atoms with E-state index in [-0.39, 0.29) is 11.5 Å². The van der Waals surface area contributed by atoms with E-state index in [1.807, 2.05) is 0 Å². The number of phenols is 1. The number of ether oxygens (including phenoxy) is 1. The van der Waals surface area contributed by atoms with Gasteiger partial charge in [-0.15, -0.1) is 13.2 Å². The van der Waals surface area contributed by atoms with E-state index in [0.717, 1.165) is 11.1 Å². The van der Waals surface area contributed by atoms with Crippen molar-refractivity contribution >= 4 is 0 Å². The summed E-state index contributed by atoms with van der Waals surface area (Å²) in [5.41, 5.74) is 1.85. The summed E-state index contributed by atoms with van der Waals surface area (Å²) >= 11 is 0. The molecule has 0 aliphatic heterocycles. The monoisotopic (exact) mass is 297 g/mol. The summed E-state index contributed by atoms with van der Waals surface area (Å²) in [5.74, 6) is -0.0243. The van der Waals surface area contributed by atoms with Crippen LogP contribution in [0.5, 0.6) is 11.5 Å². The lowest BCUT2D eigenvalue weighted by Crippen LogP contribution is -2.17. The summed E-state index contributed by atoms with van der Waals surface area (Å²) in [6.07, 6.45) is -4.67. The average molecular weight is 297 g/mol. The van der Waals surface area contributed by atoms with Gasteiger partial charge in [0.05, 0.1) is 0 Å². The fourth-order valence-corrected chi connectivity index (χ4v) is 1.77. The predicted molar refractivity (Wildman–Crippen MR) is 71.8 cm³/mol. The second-order valence-corrected chi connectivity index (χ2v) is 4.46. The molecule has 112 valence electrons. The van der Waals surface area contributed by atoms with Crippen LogP contribution in [0.4, 0.5) is 13.2 Å². The van der Waals surface area contributed by atoms with Crippen LogP contribution in [0.2, 0.25) is 0 Å². The van der Waals surface area contributed by atoms with Gasteiger partial charge in [-0.2, -0.15) is 0 Å². The normalized spacial score (nSPS) is 11.4. The highest BCUT2D eigenvalue weighted by Gasteiger charge is 2.30. The Hall–Kier alpha value is -2.21. The molecule has 0 radical (unpaired) electrons. The molecule has 3 nitrogen and oxygen atoms in total.